The van der Waals surface area contributed by atoms with Gasteiger partial charge in [-0.2, -0.15) is 10.2 Å². The standard InChI is InChI=1S/C14H22N4O/c1-4-18(12-6-5-7-15-9-12)14(19)13-8-10(2)16-17-11(13)3/h8,12,15H,4-7,9H2,1-3H3. The predicted molar refractivity (Wildman–Crippen MR) is 74.1 cm³/mol. The molecule has 2 rings (SSSR count). The van der Waals surface area contributed by atoms with Crippen LogP contribution in [0.5, 0.6) is 0 Å². The van der Waals surface area contributed by atoms with Crippen molar-refractivity contribution in [2.45, 2.75) is 39.7 Å². The minimum absolute atomic E-state index is 0.0756. The first-order valence-electron chi connectivity index (χ1n) is 6.96. The monoisotopic (exact) mass is 262 g/mol. The third kappa shape index (κ3) is 3.10. The molecule has 2 heterocycles. The zero-order chi connectivity index (χ0) is 13.8. The lowest BCUT2D eigenvalue weighted by molar-refractivity contribution is 0.0660. The zero-order valence-electron chi connectivity index (χ0n) is 11.9. The third-order valence-corrected chi connectivity index (χ3v) is 3.64. The van der Waals surface area contributed by atoms with E-state index >= 15 is 0 Å². The van der Waals surface area contributed by atoms with E-state index in [1.54, 1.807) is 0 Å². The van der Waals surface area contributed by atoms with E-state index in [2.05, 4.69) is 15.5 Å². The van der Waals surface area contributed by atoms with Gasteiger partial charge in [0.2, 0.25) is 0 Å². The van der Waals surface area contributed by atoms with E-state index in [-0.39, 0.29) is 5.91 Å². The summed E-state index contributed by atoms with van der Waals surface area (Å²) in [6.45, 7) is 8.40. The van der Waals surface area contributed by atoms with Crippen molar-refractivity contribution in [3.63, 3.8) is 0 Å². The fourth-order valence-corrected chi connectivity index (χ4v) is 2.59. The first-order chi connectivity index (χ1) is 9.13. The van der Waals surface area contributed by atoms with E-state index < -0.39 is 0 Å². The van der Waals surface area contributed by atoms with E-state index in [4.69, 9.17) is 0 Å². The molecule has 1 amide bonds. The SMILES string of the molecule is CCN(C(=O)c1cc(C)nnc1C)C1CCCNC1. The number of carbonyl (C=O) groups excluding carboxylic acids is 1. The molecule has 1 fully saturated rings. The van der Waals surface area contributed by atoms with Gasteiger partial charge < -0.3 is 10.2 Å². The Balaban J connectivity index is 2.22. The van der Waals surface area contributed by atoms with E-state index in [1.165, 1.54) is 0 Å². The largest absolute Gasteiger partial charge is 0.335 e. The van der Waals surface area contributed by atoms with Crippen molar-refractivity contribution in [3.05, 3.63) is 23.0 Å². The summed E-state index contributed by atoms with van der Waals surface area (Å²) in [4.78, 5) is 14.6. The van der Waals surface area contributed by atoms with Gasteiger partial charge >= 0.3 is 0 Å². The van der Waals surface area contributed by atoms with Gasteiger partial charge in [0.1, 0.15) is 0 Å². The quantitative estimate of drug-likeness (QED) is 0.892. The molecule has 0 radical (unpaired) electrons. The van der Waals surface area contributed by atoms with Gasteiger partial charge in [0, 0.05) is 19.1 Å². The summed E-state index contributed by atoms with van der Waals surface area (Å²) in [5.41, 5.74) is 2.17. The summed E-state index contributed by atoms with van der Waals surface area (Å²) in [6, 6.07) is 2.13. The summed E-state index contributed by atoms with van der Waals surface area (Å²) >= 11 is 0. The zero-order valence-corrected chi connectivity index (χ0v) is 11.9. The molecular formula is C14H22N4O. The van der Waals surface area contributed by atoms with Crippen molar-refractivity contribution >= 4 is 5.91 Å². The van der Waals surface area contributed by atoms with Gasteiger partial charge in [-0.15, -0.1) is 0 Å². The predicted octanol–water partition coefficient (Wildman–Crippen LogP) is 1.31. The highest BCUT2D eigenvalue weighted by Crippen LogP contribution is 2.16. The second-order valence-electron chi connectivity index (χ2n) is 5.08. The molecule has 1 atom stereocenters. The molecule has 0 aromatic carbocycles. The highest BCUT2D eigenvalue weighted by atomic mass is 16.2. The van der Waals surface area contributed by atoms with Crippen molar-refractivity contribution in [1.82, 2.24) is 20.4 Å². The fourth-order valence-electron chi connectivity index (χ4n) is 2.59. The van der Waals surface area contributed by atoms with Crippen LogP contribution < -0.4 is 5.32 Å². The van der Waals surface area contributed by atoms with Gasteiger partial charge in [-0.05, 0) is 46.2 Å². The maximum Gasteiger partial charge on any atom is 0.256 e. The Hall–Kier alpha value is -1.49. The number of hydrogen-bond donors (Lipinski definition) is 1. The smallest absolute Gasteiger partial charge is 0.256 e. The number of carbonyl (C=O) groups is 1. The summed E-state index contributed by atoms with van der Waals surface area (Å²) in [5, 5.41) is 11.4. The Kier molecular flexibility index (Phi) is 4.47. The molecular weight excluding hydrogens is 240 g/mol. The number of aryl methyl sites for hydroxylation is 2. The molecule has 1 N–H and O–H groups in total. The molecule has 1 aromatic heterocycles. The van der Waals surface area contributed by atoms with E-state index in [0.29, 0.717) is 17.3 Å². The molecule has 0 aliphatic carbocycles. The Morgan fingerprint density at radius 1 is 1.47 bits per heavy atom. The molecule has 104 valence electrons. The van der Waals surface area contributed by atoms with E-state index in [9.17, 15) is 4.79 Å². The van der Waals surface area contributed by atoms with Crippen molar-refractivity contribution in [2.24, 2.45) is 0 Å². The summed E-state index contributed by atoms with van der Waals surface area (Å²) in [6.07, 6.45) is 2.20. The number of likely N-dealkylation sites (N-methyl/N-ethyl adjacent to an activating group) is 1. The molecule has 19 heavy (non-hydrogen) atoms. The molecule has 1 unspecified atom stereocenters. The molecule has 0 saturated carbocycles. The van der Waals surface area contributed by atoms with Crippen LogP contribution in [0.25, 0.3) is 0 Å². The number of nitrogens with one attached hydrogen (secondary N) is 1. The highest BCUT2D eigenvalue weighted by Gasteiger charge is 2.26. The van der Waals surface area contributed by atoms with Crippen LogP contribution in [0.2, 0.25) is 0 Å². The molecule has 0 bridgehead atoms. The van der Waals surface area contributed by atoms with Crippen molar-refractivity contribution < 1.29 is 4.79 Å². The minimum Gasteiger partial charge on any atom is -0.335 e. The maximum absolute atomic E-state index is 12.7. The topological polar surface area (TPSA) is 58.1 Å². The van der Waals surface area contributed by atoms with Gasteiger partial charge in [0.05, 0.1) is 17.0 Å². The van der Waals surface area contributed by atoms with Crippen LogP contribution >= 0.6 is 0 Å². The normalized spacial score (nSPS) is 19.2. The molecule has 1 aromatic rings. The molecule has 1 saturated heterocycles. The van der Waals surface area contributed by atoms with Crippen LogP contribution in [-0.2, 0) is 0 Å². The summed E-state index contributed by atoms with van der Waals surface area (Å²) in [5.74, 6) is 0.0756. The number of piperidine rings is 1. The first kappa shape index (κ1) is 13.9. The maximum atomic E-state index is 12.7. The summed E-state index contributed by atoms with van der Waals surface area (Å²) < 4.78 is 0. The van der Waals surface area contributed by atoms with Crippen LogP contribution in [0.4, 0.5) is 0 Å². The second kappa shape index (κ2) is 6.10. The van der Waals surface area contributed by atoms with Gasteiger partial charge in [0.15, 0.2) is 0 Å². The van der Waals surface area contributed by atoms with Gasteiger partial charge in [0.25, 0.3) is 5.91 Å². The van der Waals surface area contributed by atoms with Crippen molar-refractivity contribution in [3.8, 4) is 0 Å². The average Bonchev–Trinajstić information content (AvgIpc) is 2.43. The number of hydrogen-bond acceptors (Lipinski definition) is 4. The lowest BCUT2D eigenvalue weighted by Gasteiger charge is -2.34. The van der Waals surface area contributed by atoms with E-state index in [0.717, 1.165) is 38.2 Å². The summed E-state index contributed by atoms with van der Waals surface area (Å²) in [7, 11) is 0. The van der Waals surface area contributed by atoms with Crippen molar-refractivity contribution in [2.75, 3.05) is 19.6 Å². The second-order valence-corrected chi connectivity index (χ2v) is 5.08. The Morgan fingerprint density at radius 2 is 2.26 bits per heavy atom. The lowest BCUT2D eigenvalue weighted by Crippen LogP contribution is -2.48. The minimum atomic E-state index is 0.0756. The van der Waals surface area contributed by atoms with Crippen LogP contribution in [0.15, 0.2) is 6.07 Å². The Labute approximate surface area is 114 Å². The molecule has 1 aliphatic heterocycles. The molecule has 5 nitrogen and oxygen atoms in total. The number of rotatable bonds is 3. The third-order valence-electron chi connectivity index (χ3n) is 3.64. The van der Waals surface area contributed by atoms with Crippen LogP contribution in [0, 0.1) is 13.8 Å². The van der Waals surface area contributed by atoms with E-state index in [1.807, 2.05) is 31.7 Å². The number of nitrogens with zero attached hydrogens (tertiary/aromatic N) is 3. The Morgan fingerprint density at radius 3 is 2.89 bits per heavy atom. The van der Waals surface area contributed by atoms with Crippen LogP contribution in [-0.4, -0.2) is 46.7 Å². The fraction of sp³-hybridized carbons (Fsp3) is 0.643. The van der Waals surface area contributed by atoms with Gasteiger partial charge in [-0.3, -0.25) is 4.79 Å². The number of aromatic nitrogens is 2. The molecule has 5 heteroatoms. The van der Waals surface area contributed by atoms with Gasteiger partial charge in [-0.1, -0.05) is 0 Å². The van der Waals surface area contributed by atoms with Gasteiger partial charge in [-0.25, -0.2) is 0 Å². The highest BCUT2D eigenvalue weighted by molar-refractivity contribution is 5.95. The van der Waals surface area contributed by atoms with Crippen molar-refractivity contribution in [1.29, 1.82) is 0 Å². The average molecular weight is 262 g/mol. The molecule has 0 spiro atoms. The van der Waals surface area contributed by atoms with Crippen LogP contribution in [0.3, 0.4) is 0 Å². The number of amides is 1. The Bertz CT molecular complexity index is 455. The first-order valence-corrected chi connectivity index (χ1v) is 6.96. The molecule has 1 aliphatic rings. The van der Waals surface area contributed by atoms with Crippen LogP contribution in [0.1, 0.15) is 41.5 Å². The lowest BCUT2D eigenvalue weighted by atomic mass is 10.0.